The first-order valence-electron chi connectivity index (χ1n) is 6.27. The van der Waals surface area contributed by atoms with Crippen molar-refractivity contribution < 1.29 is 9.21 Å². The van der Waals surface area contributed by atoms with Crippen LogP contribution in [-0.4, -0.2) is 23.1 Å². The summed E-state index contributed by atoms with van der Waals surface area (Å²) in [6.07, 6.45) is 5.64. The van der Waals surface area contributed by atoms with E-state index < -0.39 is 0 Å². The summed E-state index contributed by atoms with van der Waals surface area (Å²) in [6, 6.07) is 3.84. The minimum atomic E-state index is 0.0964. The van der Waals surface area contributed by atoms with Crippen LogP contribution in [-0.2, 0) is 4.79 Å². The van der Waals surface area contributed by atoms with E-state index in [2.05, 4.69) is 6.92 Å². The summed E-state index contributed by atoms with van der Waals surface area (Å²) in [5.41, 5.74) is 0. The second-order valence-electron chi connectivity index (χ2n) is 4.28. The van der Waals surface area contributed by atoms with Gasteiger partial charge in [-0.25, -0.2) is 0 Å². The van der Waals surface area contributed by atoms with E-state index in [9.17, 15) is 4.79 Å². The molecule has 1 aromatic rings. The van der Waals surface area contributed by atoms with Gasteiger partial charge in [0, 0.05) is 18.7 Å². The van der Waals surface area contributed by atoms with Crippen molar-refractivity contribution in [1.82, 2.24) is 4.90 Å². The molecule has 1 aliphatic rings. The van der Waals surface area contributed by atoms with E-state index in [1.807, 2.05) is 17.0 Å². The molecule has 0 unspecified atom stereocenters. The zero-order chi connectivity index (χ0) is 12.1. The molecule has 4 heteroatoms. The van der Waals surface area contributed by atoms with Crippen LogP contribution in [0.4, 0.5) is 0 Å². The minimum Gasteiger partial charge on any atom is -0.466 e. The van der Waals surface area contributed by atoms with Crippen LogP contribution in [0.2, 0.25) is 0 Å². The maximum Gasteiger partial charge on any atom is 0.223 e. The lowest BCUT2D eigenvalue weighted by atomic mass is 10.2. The first-order valence-corrected chi connectivity index (χ1v) is 7.32. The van der Waals surface area contributed by atoms with E-state index in [-0.39, 0.29) is 11.3 Å². The smallest absolute Gasteiger partial charge is 0.223 e. The molecule has 0 saturated carbocycles. The summed E-state index contributed by atoms with van der Waals surface area (Å²) < 4.78 is 5.41. The van der Waals surface area contributed by atoms with Gasteiger partial charge in [-0.15, -0.1) is 11.8 Å². The van der Waals surface area contributed by atoms with Crippen LogP contribution >= 0.6 is 11.8 Å². The normalized spacial score (nSPS) is 19.8. The highest BCUT2D eigenvalue weighted by Gasteiger charge is 2.31. The Kier molecular flexibility index (Phi) is 4.54. The Balaban J connectivity index is 1.93. The molecule has 0 bridgehead atoms. The number of rotatable bonds is 5. The van der Waals surface area contributed by atoms with E-state index >= 15 is 0 Å². The van der Waals surface area contributed by atoms with Gasteiger partial charge in [0.05, 0.1) is 6.26 Å². The molecule has 1 aromatic heterocycles. The first-order chi connectivity index (χ1) is 8.33. The molecule has 1 atom stereocenters. The minimum absolute atomic E-state index is 0.0964. The van der Waals surface area contributed by atoms with Crippen LogP contribution in [0.25, 0.3) is 0 Å². The Labute approximate surface area is 107 Å². The summed E-state index contributed by atoms with van der Waals surface area (Å²) in [6.45, 7) is 3.00. The van der Waals surface area contributed by atoms with Crippen molar-refractivity contribution in [2.75, 3.05) is 12.3 Å². The maximum atomic E-state index is 12.1. The Morgan fingerprint density at radius 2 is 2.47 bits per heavy atom. The highest BCUT2D eigenvalue weighted by atomic mass is 32.2. The Morgan fingerprint density at radius 3 is 3.18 bits per heavy atom. The van der Waals surface area contributed by atoms with Gasteiger partial charge >= 0.3 is 0 Å². The number of hydrogen-bond donors (Lipinski definition) is 0. The molecule has 1 amide bonds. The predicted octanol–water partition coefficient (Wildman–Crippen LogP) is 3.43. The van der Waals surface area contributed by atoms with Crippen molar-refractivity contribution >= 4 is 17.7 Å². The van der Waals surface area contributed by atoms with Gasteiger partial charge in [0.1, 0.15) is 11.1 Å². The van der Waals surface area contributed by atoms with Crippen LogP contribution in [0, 0.1) is 0 Å². The van der Waals surface area contributed by atoms with Crippen LogP contribution in [0.3, 0.4) is 0 Å². The molecule has 0 aromatic carbocycles. The average Bonchev–Trinajstić information content (AvgIpc) is 2.99. The lowest BCUT2D eigenvalue weighted by Gasteiger charge is -2.22. The third kappa shape index (κ3) is 3.06. The third-order valence-electron chi connectivity index (χ3n) is 2.99. The van der Waals surface area contributed by atoms with Crippen molar-refractivity contribution in [3.63, 3.8) is 0 Å². The molecule has 0 aliphatic carbocycles. The molecular weight excluding hydrogens is 234 g/mol. The third-order valence-corrected chi connectivity index (χ3v) is 4.21. The Hall–Kier alpha value is -0.900. The number of unbranched alkanes of at least 4 members (excludes halogenated alkanes) is 2. The fraction of sp³-hybridized carbons (Fsp3) is 0.615. The Bertz CT molecular complexity index is 350. The van der Waals surface area contributed by atoms with E-state index in [4.69, 9.17) is 4.42 Å². The Morgan fingerprint density at radius 1 is 1.59 bits per heavy atom. The SMILES string of the molecule is CCCCCC(=O)N1CCS[C@H]1c1ccco1. The van der Waals surface area contributed by atoms with Gasteiger partial charge in [0.25, 0.3) is 0 Å². The zero-order valence-corrected chi connectivity index (χ0v) is 11.0. The summed E-state index contributed by atoms with van der Waals surface area (Å²) in [5, 5.41) is 0.0964. The number of carbonyl (C=O) groups is 1. The molecule has 2 heterocycles. The van der Waals surface area contributed by atoms with Crippen molar-refractivity contribution in [2.24, 2.45) is 0 Å². The van der Waals surface area contributed by atoms with E-state index in [1.54, 1.807) is 18.0 Å². The number of amides is 1. The topological polar surface area (TPSA) is 33.5 Å². The molecule has 2 rings (SSSR count). The molecule has 1 aliphatic heterocycles. The summed E-state index contributed by atoms with van der Waals surface area (Å²) in [7, 11) is 0. The maximum absolute atomic E-state index is 12.1. The van der Waals surface area contributed by atoms with Gasteiger partial charge in [-0.2, -0.15) is 0 Å². The number of hydrogen-bond acceptors (Lipinski definition) is 3. The molecule has 1 fully saturated rings. The van der Waals surface area contributed by atoms with Gasteiger partial charge in [-0.3, -0.25) is 4.79 Å². The largest absolute Gasteiger partial charge is 0.466 e. The van der Waals surface area contributed by atoms with Crippen LogP contribution in [0.1, 0.15) is 43.7 Å². The molecule has 0 N–H and O–H groups in total. The molecule has 1 saturated heterocycles. The van der Waals surface area contributed by atoms with E-state index in [1.165, 1.54) is 0 Å². The van der Waals surface area contributed by atoms with Gasteiger partial charge < -0.3 is 9.32 Å². The zero-order valence-electron chi connectivity index (χ0n) is 10.2. The number of thioether (sulfide) groups is 1. The molecule has 0 radical (unpaired) electrons. The van der Waals surface area contributed by atoms with Crippen molar-refractivity contribution in [3.8, 4) is 0 Å². The van der Waals surface area contributed by atoms with Gasteiger partial charge in [-0.1, -0.05) is 19.8 Å². The summed E-state index contributed by atoms with van der Waals surface area (Å²) in [4.78, 5) is 14.1. The molecule has 17 heavy (non-hydrogen) atoms. The second kappa shape index (κ2) is 6.15. The fourth-order valence-electron chi connectivity index (χ4n) is 2.06. The van der Waals surface area contributed by atoms with E-state index in [0.717, 1.165) is 37.3 Å². The molecule has 0 spiro atoms. The number of nitrogens with zero attached hydrogens (tertiary/aromatic N) is 1. The first kappa shape index (κ1) is 12.6. The van der Waals surface area contributed by atoms with Crippen LogP contribution in [0.15, 0.2) is 22.8 Å². The summed E-state index contributed by atoms with van der Waals surface area (Å²) >= 11 is 1.79. The van der Waals surface area contributed by atoms with Gasteiger partial charge in [0.15, 0.2) is 0 Å². The van der Waals surface area contributed by atoms with Crippen LogP contribution < -0.4 is 0 Å². The van der Waals surface area contributed by atoms with E-state index in [0.29, 0.717) is 6.42 Å². The van der Waals surface area contributed by atoms with Crippen molar-refractivity contribution in [2.45, 2.75) is 38.0 Å². The lowest BCUT2D eigenvalue weighted by molar-refractivity contribution is -0.131. The number of furan rings is 1. The average molecular weight is 253 g/mol. The fourth-order valence-corrected chi connectivity index (χ4v) is 3.29. The highest BCUT2D eigenvalue weighted by Crippen LogP contribution is 2.38. The quantitative estimate of drug-likeness (QED) is 0.754. The van der Waals surface area contributed by atoms with Crippen molar-refractivity contribution in [3.05, 3.63) is 24.2 Å². The van der Waals surface area contributed by atoms with Gasteiger partial charge in [-0.05, 0) is 18.6 Å². The van der Waals surface area contributed by atoms with Gasteiger partial charge in [0.2, 0.25) is 5.91 Å². The lowest BCUT2D eigenvalue weighted by Crippen LogP contribution is -2.29. The monoisotopic (exact) mass is 253 g/mol. The molecular formula is C13H19NO2S. The molecule has 94 valence electrons. The molecule has 3 nitrogen and oxygen atoms in total. The number of carbonyl (C=O) groups excluding carboxylic acids is 1. The summed E-state index contributed by atoms with van der Waals surface area (Å²) in [5.74, 6) is 2.17. The van der Waals surface area contributed by atoms with Crippen molar-refractivity contribution in [1.29, 1.82) is 0 Å². The highest BCUT2D eigenvalue weighted by molar-refractivity contribution is 7.99. The standard InChI is InChI=1S/C13H19NO2S/c1-2-3-4-7-12(15)14-8-10-17-13(14)11-6-5-9-16-11/h5-6,9,13H,2-4,7-8,10H2,1H3/t13-/m0/s1. The predicted molar refractivity (Wildman–Crippen MR) is 69.8 cm³/mol. The second-order valence-corrected chi connectivity index (χ2v) is 5.47. The van der Waals surface area contributed by atoms with Crippen LogP contribution in [0.5, 0.6) is 0 Å².